The van der Waals surface area contributed by atoms with Gasteiger partial charge in [-0.3, -0.25) is 14.4 Å². The van der Waals surface area contributed by atoms with Gasteiger partial charge in [-0.25, -0.2) is 4.79 Å². The number of hydrogen-bond acceptors (Lipinski definition) is 6. The molecule has 4 atom stereocenters. The number of carbonyl (C=O) groups is 4. The van der Waals surface area contributed by atoms with Gasteiger partial charge in [0.1, 0.15) is 12.1 Å². The highest BCUT2D eigenvalue weighted by atomic mass is 16.4. The second kappa shape index (κ2) is 8.95. The topological polar surface area (TPSA) is 179 Å². The van der Waals surface area contributed by atoms with Gasteiger partial charge in [0.05, 0.1) is 12.1 Å². The van der Waals surface area contributed by atoms with Gasteiger partial charge >= 0.3 is 11.9 Å². The maximum atomic E-state index is 12.0. The molecule has 0 rings (SSSR count). The second-order valence-electron chi connectivity index (χ2n) is 4.85. The molecule has 10 nitrogen and oxygen atoms in total. The average molecular weight is 319 g/mol. The van der Waals surface area contributed by atoms with Crippen molar-refractivity contribution in [3.05, 3.63) is 0 Å². The summed E-state index contributed by atoms with van der Waals surface area (Å²) in [6.45, 7) is 2.61. The van der Waals surface area contributed by atoms with E-state index in [4.69, 9.17) is 15.9 Å². The largest absolute Gasteiger partial charge is 0.481 e. The van der Waals surface area contributed by atoms with Crippen molar-refractivity contribution in [3.63, 3.8) is 0 Å². The first-order chi connectivity index (χ1) is 10.1. The standard InChI is InChI=1S/C12H21N3O7/c1-5(13)10(19)15-9(6(2)16)11(20)14-7(12(21)22)3-4-8(17)18/h5-7,9,16H,3-4,13H2,1-2H3,(H,14,20)(H,15,19)(H,17,18)(H,21,22)/t5-,6+,7-,9-/m0/s1. The summed E-state index contributed by atoms with van der Waals surface area (Å²) < 4.78 is 0. The fraction of sp³-hybridized carbons (Fsp3) is 0.667. The lowest BCUT2D eigenvalue weighted by Gasteiger charge is -2.23. The molecule has 0 aliphatic carbocycles. The molecule has 0 aromatic rings. The first kappa shape index (κ1) is 19.8. The molecule has 0 unspecified atom stereocenters. The molecular formula is C12H21N3O7. The number of carboxylic acids is 2. The monoisotopic (exact) mass is 319 g/mol. The lowest BCUT2D eigenvalue weighted by Crippen LogP contribution is -2.57. The molecule has 2 amide bonds. The Morgan fingerprint density at radius 1 is 1.05 bits per heavy atom. The summed E-state index contributed by atoms with van der Waals surface area (Å²) in [7, 11) is 0. The molecule has 22 heavy (non-hydrogen) atoms. The van der Waals surface area contributed by atoms with Crippen molar-refractivity contribution in [2.45, 2.75) is 50.9 Å². The van der Waals surface area contributed by atoms with Crippen LogP contribution in [0.25, 0.3) is 0 Å². The van der Waals surface area contributed by atoms with E-state index in [0.29, 0.717) is 0 Å². The van der Waals surface area contributed by atoms with Crippen molar-refractivity contribution in [1.29, 1.82) is 0 Å². The number of aliphatic hydroxyl groups is 1. The molecule has 0 saturated carbocycles. The van der Waals surface area contributed by atoms with E-state index in [9.17, 15) is 24.3 Å². The van der Waals surface area contributed by atoms with Gasteiger partial charge in [0.2, 0.25) is 11.8 Å². The molecular weight excluding hydrogens is 298 g/mol. The summed E-state index contributed by atoms with van der Waals surface area (Å²) in [6, 6.07) is -3.77. The zero-order chi connectivity index (χ0) is 17.4. The molecule has 0 heterocycles. The van der Waals surface area contributed by atoms with Gasteiger partial charge < -0.3 is 31.7 Å². The normalized spacial score (nSPS) is 16.0. The highest BCUT2D eigenvalue weighted by Gasteiger charge is 2.30. The molecule has 0 bridgehead atoms. The minimum absolute atomic E-state index is 0.329. The number of hydrogen-bond donors (Lipinski definition) is 6. The van der Waals surface area contributed by atoms with Crippen LogP contribution in [0.15, 0.2) is 0 Å². The lowest BCUT2D eigenvalue weighted by molar-refractivity contribution is -0.144. The molecule has 0 aromatic carbocycles. The Bertz CT molecular complexity index is 436. The Kier molecular flexibility index (Phi) is 8.05. The minimum atomic E-state index is -1.45. The third kappa shape index (κ3) is 6.99. The van der Waals surface area contributed by atoms with Gasteiger partial charge in [0.15, 0.2) is 0 Å². The van der Waals surface area contributed by atoms with Crippen molar-refractivity contribution in [2.24, 2.45) is 5.73 Å². The summed E-state index contributed by atoms with van der Waals surface area (Å²) in [5.74, 6) is -4.27. The van der Waals surface area contributed by atoms with Gasteiger partial charge in [0, 0.05) is 6.42 Å². The van der Waals surface area contributed by atoms with Crippen LogP contribution < -0.4 is 16.4 Å². The zero-order valence-corrected chi connectivity index (χ0v) is 12.3. The Hall–Kier alpha value is -2.20. The number of amides is 2. The summed E-state index contributed by atoms with van der Waals surface area (Å²) in [6.07, 6.45) is -2.08. The van der Waals surface area contributed by atoms with Gasteiger partial charge in [-0.15, -0.1) is 0 Å². The van der Waals surface area contributed by atoms with E-state index in [0.717, 1.165) is 0 Å². The molecule has 0 aromatic heterocycles. The first-order valence-corrected chi connectivity index (χ1v) is 6.55. The minimum Gasteiger partial charge on any atom is -0.481 e. The van der Waals surface area contributed by atoms with Crippen molar-refractivity contribution in [2.75, 3.05) is 0 Å². The van der Waals surface area contributed by atoms with E-state index in [1.165, 1.54) is 13.8 Å². The first-order valence-electron chi connectivity index (χ1n) is 6.55. The number of carbonyl (C=O) groups excluding carboxylic acids is 2. The van der Waals surface area contributed by atoms with Crippen LogP contribution in [0.2, 0.25) is 0 Å². The third-order valence-electron chi connectivity index (χ3n) is 2.74. The Labute approximate surface area is 126 Å². The van der Waals surface area contributed by atoms with Gasteiger partial charge in [-0.2, -0.15) is 0 Å². The van der Waals surface area contributed by atoms with Crippen molar-refractivity contribution >= 4 is 23.8 Å². The fourth-order valence-electron chi connectivity index (χ4n) is 1.48. The second-order valence-corrected chi connectivity index (χ2v) is 4.85. The van der Waals surface area contributed by atoms with Crippen LogP contribution >= 0.6 is 0 Å². The number of aliphatic hydroxyl groups excluding tert-OH is 1. The van der Waals surface area contributed by atoms with E-state index in [-0.39, 0.29) is 6.42 Å². The number of nitrogens with two attached hydrogens (primary N) is 1. The third-order valence-corrected chi connectivity index (χ3v) is 2.74. The average Bonchev–Trinajstić information content (AvgIpc) is 2.38. The van der Waals surface area contributed by atoms with Gasteiger partial charge in [-0.1, -0.05) is 0 Å². The van der Waals surface area contributed by atoms with Gasteiger partial charge in [0.25, 0.3) is 0 Å². The number of rotatable bonds is 9. The van der Waals surface area contributed by atoms with E-state index < -0.39 is 54.4 Å². The molecule has 0 radical (unpaired) electrons. The van der Waals surface area contributed by atoms with Crippen LogP contribution in [0.5, 0.6) is 0 Å². The van der Waals surface area contributed by atoms with Crippen LogP contribution in [-0.4, -0.2) is 63.3 Å². The number of nitrogens with one attached hydrogen (secondary N) is 2. The Morgan fingerprint density at radius 2 is 1.59 bits per heavy atom. The fourth-order valence-corrected chi connectivity index (χ4v) is 1.48. The van der Waals surface area contributed by atoms with E-state index >= 15 is 0 Å². The SMILES string of the molecule is C[C@H](N)C(=O)N[C@H](C(=O)N[C@@H](CCC(=O)O)C(=O)O)[C@@H](C)O. The molecule has 0 saturated heterocycles. The molecule has 10 heteroatoms. The lowest BCUT2D eigenvalue weighted by atomic mass is 10.1. The maximum Gasteiger partial charge on any atom is 0.326 e. The number of carboxylic acid groups (broad SMARTS) is 2. The highest BCUT2D eigenvalue weighted by molar-refractivity contribution is 5.92. The van der Waals surface area contributed by atoms with Crippen LogP contribution in [-0.2, 0) is 19.2 Å². The van der Waals surface area contributed by atoms with Crippen molar-refractivity contribution in [1.82, 2.24) is 10.6 Å². The quantitative estimate of drug-likeness (QED) is 0.273. The Balaban J connectivity index is 4.87. The van der Waals surface area contributed by atoms with Crippen molar-refractivity contribution in [3.8, 4) is 0 Å². The predicted octanol–water partition coefficient (Wildman–Crippen LogP) is -2.37. The molecule has 0 aliphatic heterocycles. The highest BCUT2D eigenvalue weighted by Crippen LogP contribution is 2.01. The number of aliphatic carboxylic acids is 2. The summed E-state index contributed by atoms with van der Waals surface area (Å²) in [5, 5.41) is 31.3. The molecule has 0 spiro atoms. The smallest absolute Gasteiger partial charge is 0.326 e. The summed E-state index contributed by atoms with van der Waals surface area (Å²) >= 11 is 0. The molecule has 0 fully saturated rings. The van der Waals surface area contributed by atoms with Crippen LogP contribution in [0.3, 0.4) is 0 Å². The summed E-state index contributed by atoms with van der Waals surface area (Å²) in [5.41, 5.74) is 5.33. The summed E-state index contributed by atoms with van der Waals surface area (Å²) in [4.78, 5) is 44.9. The van der Waals surface area contributed by atoms with E-state index in [1.807, 2.05) is 0 Å². The van der Waals surface area contributed by atoms with Crippen molar-refractivity contribution < 1.29 is 34.5 Å². The Morgan fingerprint density at radius 3 is 1.95 bits per heavy atom. The van der Waals surface area contributed by atoms with E-state index in [1.54, 1.807) is 0 Å². The van der Waals surface area contributed by atoms with Gasteiger partial charge in [-0.05, 0) is 20.3 Å². The van der Waals surface area contributed by atoms with Crippen LogP contribution in [0.1, 0.15) is 26.7 Å². The van der Waals surface area contributed by atoms with Crippen LogP contribution in [0, 0.1) is 0 Å². The molecule has 7 N–H and O–H groups in total. The predicted molar refractivity (Wildman–Crippen MR) is 73.7 cm³/mol. The van der Waals surface area contributed by atoms with E-state index in [2.05, 4.69) is 10.6 Å². The molecule has 0 aliphatic rings. The maximum absolute atomic E-state index is 12.0. The molecule has 126 valence electrons. The zero-order valence-electron chi connectivity index (χ0n) is 12.3. The van der Waals surface area contributed by atoms with Crippen LogP contribution in [0.4, 0.5) is 0 Å².